The molecule has 0 unspecified atom stereocenters. The van der Waals surface area contributed by atoms with Gasteiger partial charge in [0.05, 0.1) is 5.02 Å². The first kappa shape index (κ1) is 15.3. The summed E-state index contributed by atoms with van der Waals surface area (Å²) in [6.07, 6.45) is 1.60. The predicted molar refractivity (Wildman–Crippen MR) is 82.1 cm³/mol. The Kier molecular flexibility index (Phi) is 5.56. The number of nitrogens with zero attached hydrogens (tertiary/aromatic N) is 2. The van der Waals surface area contributed by atoms with Crippen molar-refractivity contribution < 1.29 is 4.74 Å². The molecular weight excluding hydrogens is 286 g/mol. The molecule has 0 amide bonds. The van der Waals surface area contributed by atoms with Gasteiger partial charge in [-0.1, -0.05) is 30.7 Å². The first-order valence-electron chi connectivity index (χ1n) is 6.70. The van der Waals surface area contributed by atoms with Crippen molar-refractivity contribution in [1.82, 2.24) is 10.3 Å². The largest absolute Gasteiger partial charge is 0.487 e. The van der Waals surface area contributed by atoms with Gasteiger partial charge in [-0.25, -0.2) is 4.98 Å². The quantitative estimate of drug-likeness (QED) is 0.889. The SMILES string of the molecule is CCNCc1cccc(Cl)c1OCc1ccnc(C#N)c1. The third-order valence-electron chi connectivity index (χ3n) is 2.94. The zero-order chi connectivity index (χ0) is 15.1. The number of hydrogen-bond acceptors (Lipinski definition) is 4. The molecule has 0 radical (unpaired) electrons. The molecule has 4 nitrogen and oxygen atoms in total. The van der Waals surface area contributed by atoms with Gasteiger partial charge in [-0.2, -0.15) is 5.26 Å². The monoisotopic (exact) mass is 301 g/mol. The van der Waals surface area contributed by atoms with Gasteiger partial charge in [0, 0.05) is 18.3 Å². The van der Waals surface area contributed by atoms with Crippen LogP contribution < -0.4 is 10.1 Å². The summed E-state index contributed by atoms with van der Waals surface area (Å²) < 4.78 is 5.84. The van der Waals surface area contributed by atoms with Crippen LogP contribution in [-0.2, 0) is 13.2 Å². The van der Waals surface area contributed by atoms with Crippen molar-refractivity contribution in [2.45, 2.75) is 20.1 Å². The Bertz CT molecular complexity index is 652. The Morgan fingerprint density at radius 2 is 2.24 bits per heavy atom. The first-order chi connectivity index (χ1) is 10.2. The summed E-state index contributed by atoms with van der Waals surface area (Å²) in [6.45, 7) is 3.97. The van der Waals surface area contributed by atoms with Crippen LogP contribution in [-0.4, -0.2) is 11.5 Å². The van der Waals surface area contributed by atoms with Gasteiger partial charge in [-0.05, 0) is 30.3 Å². The van der Waals surface area contributed by atoms with Crippen LogP contribution in [0.25, 0.3) is 0 Å². The van der Waals surface area contributed by atoms with Crippen molar-refractivity contribution in [1.29, 1.82) is 5.26 Å². The van der Waals surface area contributed by atoms with E-state index in [1.807, 2.05) is 31.2 Å². The van der Waals surface area contributed by atoms with Gasteiger partial charge in [-0.15, -0.1) is 0 Å². The van der Waals surface area contributed by atoms with E-state index in [1.54, 1.807) is 18.3 Å². The highest BCUT2D eigenvalue weighted by Gasteiger charge is 2.08. The number of para-hydroxylation sites is 1. The van der Waals surface area contributed by atoms with E-state index in [1.165, 1.54) is 0 Å². The molecular formula is C16H16ClN3O. The molecule has 1 aromatic carbocycles. The Balaban J connectivity index is 2.13. The zero-order valence-corrected chi connectivity index (χ0v) is 12.5. The van der Waals surface area contributed by atoms with Crippen LogP contribution in [0.2, 0.25) is 5.02 Å². The van der Waals surface area contributed by atoms with Gasteiger partial charge >= 0.3 is 0 Å². The zero-order valence-electron chi connectivity index (χ0n) is 11.8. The summed E-state index contributed by atoms with van der Waals surface area (Å²) in [4.78, 5) is 3.94. The van der Waals surface area contributed by atoms with Gasteiger partial charge in [0.15, 0.2) is 0 Å². The second kappa shape index (κ2) is 7.63. The minimum Gasteiger partial charge on any atom is -0.487 e. The average molecular weight is 302 g/mol. The lowest BCUT2D eigenvalue weighted by molar-refractivity contribution is 0.302. The van der Waals surface area contributed by atoms with E-state index in [0.29, 0.717) is 29.6 Å². The number of hydrogen-bond donors (Lipinski definition) is 1. The van der Waals surface area contributed by atoms with Gasteiger partial charge in [0.2, 0.25) is 0 Å². The Labute approximate surface area is 129 Å². The normalized spacial score (nSPS) is 10.1. The fourth-order valence-corrected chi connectivity index (χ4v) is 2.14. The van der Waals surface area contributed by atoms with Crippen molar-refractivity contribution in [2.24, 2.45) is 0 Å². The number of aromatic nitrogens is 1. The van der Waals surface area contributed by atoms with Crippen molar-refractivity contribution in [2.75, 3.05) is 6.54 Å². The summed E-state index contributed by atoms with van der Waals surface area (Å²) in [7, 11) is 0. The van der Waals surface area contributed by atoms with Crippen molar-refractivity contribution in [3.8, 4) is 11.8 Å². The predicted octanol–water partition coefficient (Wildman–Crippen LogP) is 3.30. The molecule has 0 bridgehead atoms. The molecule has 21 heavy (non-hydrogen) atoms. The number of halogens is 1. The molecule has 0 saturated carbocycles. The third kappa shape index (κ3) is 4.19. The van der Waals surface area contributed by atoms with E-state index in [9.17, 15) is 0 Å². The molecule has 0 saturated heterocycles. The topological polar surface area (TPSA) is 57.9 Å². The summed E-state index contributed by atoms with van der Waals surface area (Å²) in [5.74, 6) is 0.676. The van der Waals surface area contributed by atoms with Crippen molar-refractivity contribution in [3.63, 3.8) is 0 Å². The highest BCUT2D eigenvalue weighted by atomic mass is 35.5. The maximum atomic E-state index is 8.85. The fraction of sp³-hybridized carbons (Fsp3) is 0.250. The molecule has 2 rings (SSSR count). The Hall–Kier alpha value is -2.09. The lowest BCUT2D eigenvalue weighted by atomic mass is 10.2. The molecule has 0 atom stereocenters. The third-order valence-corrected chi connectivity index (χ3v) is 3.23. The van der Waals surface area contributed by atoms with Gasteiger partial charge in [-0.3, -0.25) is 0 Å². The lowest BCUT2D eigenvalue weighted by Crippen LogP contribution is -2.13. The smallest absolute Gasteiger partial charge is 0.142 e. The van der Waals surface area contributed by atoms with Crippen LogP contribution in [0.4, 0.5) is 0 Å². The molecule has 0 spiro atoms. The fourth-order valence-electron chi connectivity index (χ4n) is 1.89. The highest BCUT2D eigenvalue weighted by Crippen LogP contribution is 2.29. The summed E-state index contributed by atoms with van der Waals surface area (Å²) >= 11 is 6.22. The van der Waals surface area contributed by atoms with Crippen LogP contribution in [0.15, 0.2) is 36.5 Å². The highest BCUT2D eigenvalue weighted by molar-refractivity contribution is 6.32. The number of pyridine rings is 1. The molecule has 5 heteroatoms. The maximum absolute atomic E-state index is 8.85. The van der Waals surface area contributed by atoms with E-state index in [2.05, 4.69) is 10.3 Å². The van der Waals surface area contributed by atoms with Gasteiger partial charge < -0.3 is 10.1 Å². The molecule has 1 aromatic heterocycles. The molecule has 1 N–H and O–H groups in total. The maximum Gasteiger partial charge on any atom is 0.142 e. The van der Waals surface area contributed by atoms with Crippen LogP contribution in [0.1, 0.15) is 23.7 Å². The second-order valence-corrected chi connectivity index (χ2v) is 4.87. The number of nitrogens with one attached hydrogen (secondary N) is 1. The molecule has 1 heterocycles. The van der Waals surface area contributed by atoms with Crippen LogP contribution in [0.5, 0.6) is 5.75 Å². The van der Waals surface area contributed by atoms with E-state index < -0.39 is 0 Å². The van der Waals surface area contributed by atoms with Crippen LogP contribution >= 0.6 is 11.6 Å². The molecule has 0 fully saturated rings. The number of benzene rings is 1. The molecule has 0 aliphatic heterocycles. The van der Waals surface area contributed by atoms with Crippen molar-refractivity contribution >= 4 is 11.6 Å². The standard InChI is InChI=1S/C16H16ClN3O/c1-2-19-10-13-4-3-5-15(17)16(13)21-11-12-6-7-20-14(8-12)9-18/h3-8,19H,2,10-11H2,1H3. The minimum absolute atomic E-state index is 0.347. The molecule has 0 aliphatic rings. The van der Waals surface area contributed by atoms with E-state index in [0.717, 1.165) is 17.7 Å². The lowest BCUT2D eigenvalue weighted by Gasteiger charge is -2.13. The molecule has 2 aromatic rings. The van der Waals surface area contributed by atoms with Crippen molar-refractivity contribution in [3.05, 3.63) is 58.4 Å². The van der Waals surface area contributed by atoms with Crippen LogP contribution in [0.3, 0.4) is 0 Å². The van der Waals surface area contributed by atoms with E-state index >= 15 is 0 Å². The first-order valence-corrected chi connectivity index (χ1v) is 7.08. The minimum atomic E-state index is 0.347. The second-order valence-electron chi connectivity index (χ2n) is 4.46. The average Bonchev–Trinajstić information content (AvgIpc) is 2.52. The summed E-state index contributed by atoms with van der Waals surface area (Å²) in [6, 6.07) is 11.2. The number of nitriles is 1. The molecule has 0 aliphatic carbocycles. The van der Waals surface area contributed by atoms with Gasteiger partial charge in [0.1, 0.15) is 24.1 Å². The number of ether oxygens (including phenoxy) is 1. The molecule has 108 valence electrons. The number of rotatable bonds is 6. The Morgan fingerprint density at radius 1 is 1.38 bits per heavy atom. The van der Waals surface area contributed by atoms with E-state index in [4.69, 9.17) is 21.6 Å². The van der Waals surface area contributed by atoms with E-state index in [-0.39, 0.29) is 0 Å². The summed E-state index contributed by atoms with van der Waals surface area (Å²) in [5, 5.41) is 12.7. The Morgan fingerprint density at radius 3 is 3.00 bits per heavy atom. The summed E-state index contributed by atoms with van der Waals surface area (Å²) in [5.41, 5.74) is 2.28. The van der Waals surface area contributed by atoms with Gasteiger partial charge in [0.25, 0.3) is 0 Å². The van der Waals surface area contributed by atoms with Crippen LogP contribution in [0, 0.1) is 11.3 Å².